The van der Waals surface area contributed by atoms with Gasteiger partial charge >= 0.3 is 5.97 Å². The Morgan fingerprint density at radius 2 is 1.93 bits per heavy atom. The third-order valence-corrected chi connectivity index (χ3v) is 9.72. The first-order chi connectivity index (χ1) is 12.9. The Balaban J connectivity index is 1.83. The van der Waals surface area contributed by atoms with Gasteiger partial charge in [0.05, 0.1) is 15.6 Å². The summed E-state index contributed by atoms with van der Waals surface area (Å²) in [6.45, 7) is 1.92. The van der Waals surface area contributed by atoms with Crippen LogP contribution in [0.1, 0.15) is 13.3 Å². The van der Waals surface area contributed by atoms with Crippen LogP contribution in [0.25, 0.3) is 0 Å². The summed E-state index contributed by atoms with van der Waals surface area (Å²) in [5.74, 6) is 0.857. The molecule has 1 spiro atoms. The minimum atomic E-state index is -3.82. The molecule has 1 aromatic carbocycles. The lowest BCUT2D eigenvalue weighted by atomic mass is 10.2. The number of benzene rings is 1. The zero-order valence-electron chi connectivity index (χ0n) is 14.9. The number of esters is 1. The van der Waals surface area contributed by atoms with Gasteiger partial charge in [-0.1, -0.05) is 18.2 Å². The van der Waals surface area contributed by atoms with E-state index in [2.05, 4.69) is 5.32 Å². The number of carbonyl (C=O) groups excluding carboxylic acids is 2. The van der Waals surface area contributed by atoms with Crippen LogP contribution in [0.5, 0.6) is 0 Å². The minimum absolute atomic E-state index is 0.165. The van der Waals surface area contributed by atoms with Gasteiger partial charge in [-0.25, -0.2) is 8.42 Å². The minimum Gasteiger partial charge on any atom is -0.465 e. The number of rotatable bonds is 6. The SMILES string of the molecule is CCOC(=O)CNC(=O)[C@@H]1CC2(CN1S(=O)(=O)c1ccccc1)SCCS2. The van der Waals surface area contributed by atoms with Crippen molar-refractivity contribution in [3.8, 4) is 0 Å². The van der Waals surface area contributed by atoms with Crippen molar-refractivity contribution >= 4 is 45.4 Å². The van der Waals surface area contributed by atoms with Crippen molar-refractivity contribution in [3.05, 3.63) is 30.3 Å². The smallest absolute Gasteiger partial charge is 0.325 e. The standard InChI is InChI=1S/C17H22N2O5S3/c1-2-24-15(20)11-18-16(21)14-10-17(25-8-9-26-17)12-19(14)27(22,23)13-6-4-3-5-7-13/h3-7,14H,2,8-12H2,1H3,(H,18,21)/t14-/m0/s1. The molecule has 0 aromatic heterocycles. The largest absolute Gasteiger partial charge is 0.465 e. The third-order valence-electron chi connectivity index (χ3n) is 4.43. The molecule has 0 bridgehead atoms. The van der Waals surface area contributed by atoms with Gasteiger partial charge in [0.15, 0.2) is 0 Å². The van der Waals surface area contributed by atoms with Crippen LogP contribution in [0.3, 0.4) is 0 Å². The van der Waals surface area contributed by atoms with Gasteiger partial charge in [0.1, 0.15) is 12.6 Å². The summed E-state index contributed by atoms with van der Waals surface area (Å²) in [6.07, 6.45) is 0.420. The lowest BCUT2D eigenvalue weighted by molar-refractivity contribution is -0.143. The van der Waals surface area contributed by atoms with Gasteiger partial charge in [-0.05, 0) is 25.5 Å². The molecule has 0 aliphatic carbocycles. The normalized spacial score (nSPS) is 22.0. The highest BCUT2D eigenvalue weighted by atomic mass is 32.2. The van der Waals surface area contributed by atoms with E-state index in [-0.39, 0.29) is 28.7 Å². The van der Waals surface area contributed by atoms with E-state index in [1.165, 1.54) is 16.4 Å². The highest BCUT2D eigenvalue weighted by Gasteiger charge is 2.53. The van der Waals surface area contributed by atoms with Crippen LogP contribution in [0.15, 0.2) is 35.2 Å². The predicted octanol–water partition coefficient (Wildman–Crippen LogP) is 1.31. The molecule has 2 saturated heterocycles. The summed E-state index contributed by atoms with van der Waals surface area (Å²) in [4.78, 5) is 24.4. The van der Waals surface area contributed by atoms with Gasteiger partial charge < -0.3 is 10.1 Å². The second-order valence-corrected chi connectivity index (χ2v) is 11.3. The fourth-order valence-electron chi connectivity index (χ4n) is 3.21. The second kappa shape index (κ2) is 8.42. The topological polar surface area (TPSA) is 92.8 Å². The number of nitrogens with zero attached hydrogens (tertiary/aromatic N) is 1. The molecule has 2 fully saturated rings. The van der Waals surface area contributed by atoms with Gasteiger partial charge in [-0.3, -0.25) is 9.59 Å². The predicted molar refractivity (Wildman–Crippen MR) is 106 cm³/mol. The van der Waals surface area contributed by atoms with Crippen molar-refractivity contribution < 1.29 is 22.7 Å². The Morgan fingerprint density at radius 1 is 1.26 bits per heavy atom. The summed E-state index contributed by atoms with van der Waals surface area (Å²) in [7, 11) is -3.82. The lowest BCUT2D eigenvalue weighted by Gasteiger charge is -2.23. The number of thioether (sulfide) groups is 2. The molecule has 1 N–H and O–H groups in total. The maximum Gasteiger partial charge on any atom is 0.325 e. The van der Waals surface area contributed by atoms with E-state index in [9.17, 15) is 18.0 Å². The van der Waals surface area contributed by atoms with Crippen LogP contribution in [0.4, 0.5) is 0 Å². The fraction of sp³-hybridized carbons (Fsp3) is 0.529. The van der Waals surface area contributed by atoms with Crippen LogP contribution in [-0.2, 0) is 24.3 Å². The molecule has 148 valence electrons. The van der Waals surface area contributed by atoms with Gasteiger partial charge in [0, 0.05) is 18.1 Å². The van der Waals surface area contributed by atoms with E-state index in [0.29, 0.717) is 6.42 Å². The van der Waals surface area contributed by atoms with E-state index in [0.717, 1.165) is 11.5 Å². The molecule has 2 aliphatic heterocycles. The van der Waals surface area contributed by atoms with E-state index in [4.69, 9.17) is 4.74 Å². The first kappa shape index (κ1) is 20.5. The quantitative estimate of drug-likeness (QED) is 0.680. The van der Waals surface area contributed by atoms with Crippen molar-refractivity contribution in [3.63, 3.8) is 0 Å². The summed E-state index contributed by atoms with van der Waals surface area (Å²) in [5, 5.41) is 2.53. The summed E-state index contributed by atoms with van der Waals surface area (Å²) < 4.78 is 32.1. The van der Waals surface area contributed by atoms with Gasteiger partial charge in [0.25, 0.3) is 0 Å². The molecule has 1 aromatic rings. The molecule has 0 unspecified atom stereocenters. The summed E-state index contributed by atoms with van der Waals surface area (Å²) in [5.41, 5.74) is 0. The maximum absolute atomic E-state index is 13.2. The molecule has 7 nitrogen and oxygen atoms in total. The molecule has 1 atom stereocenters. The van der Waals surface area contributed by atoms with Gasteiger partial charge in [-0.2, -0.15) is 4.31 Å². The Morgan fingerprint density at radius 3 is 2.56 bits per heavy atom. The lowest BCUT2D eigenvalue weighted by Crippen LogP contribution is -2.47. The van der Waals surface area contributed by atoms with Crippen molar-refractivity contribution in [2.75, 3.05) is 31.2 Å². The van der Waals surface area contributed by atoms with Crippen molar-refractivity contribution in [2.45, 2.75) is 28.4 Å². The second-order valence-electron chi connectivity index (χ2n) is 6.21. The zero-order valence-corrected chi connectivity index (χ0v) is 17.4. The van der Waals surface area contributed by atoms with Crippen molar-refractivity contribution in [1.29, 1.82) is 0 Å². The molecule has 3 rings (SSSR count). The number of carbonyl (C=O) groups is 2. The summed E-state index contributed by atoms with van der Waals surface area (Å²) in [6, 6.07) is 7.28. The summed E-state index contributed by atoms with van der Waals surface area (Å²) >= 11 is 3.41. The van der Waals surface area contributed by atoms with Crippen LogP contribution in [-0.4, -0.2) is 65.9 Å². The average Bonchev–Trinajstić information content (AvgIpc) is 3.28. The molecule has 27 heavy (non-hydrogen) atoms. The van der Waals surface area contributed by atoms with Gasteiger partial charge in [0.2, 0.25) is 15.9 Å². The number of hydrogen-bond donors (Lipinski definition) is 1. The highest BCUT2D eigenvalue weighted by molar-refractivity contribution is 8.21. The van der Waals surface area contributed by atoms with E-state index in [1.54, 1.807) is 48.6 Å². The zero-order chi connectivity index (χ0) is 19.5. The third kappa shape index (κ3) is 4.44. The number of hydrogen-bond acceptors (Lipinski definition) is 7. The van der Waals surface area contributed by atoms with Gasteiger partial charge in [-0.15, -0.1) is 23.5 Å². The Bertz CT molecular complexity index is 794. The van der Waals surface area contributed by atoms with Crippen LogP contribution in [0, 0.1) is 0 Å². The number of amides is 1. The average molecular weight is 431 g/mol. The van der Waals surface area contributed by atoms with Crippen molar-refractivity contribution in [2.24, 2.45) is 0 Å². The molecular weight excluding hydrogens is 408 g/mol. The molecule has 2 aliphatic rings. The number of sulfonamides is 1. The van der Waals surface area contributed by atoms with Crippen molar-refractivity contribution in [1.82, 2.24) is 9.62 Å². The fourth-order valence-corrected chi connectivity index (χ4v) is 8.29. The van der Waals surface area contributed by atoms with E-state index in [1.807, 2.05) is 0 Å². The van der Waals surface area contributed by atoms with E-state index >= 15 is 0 Å². The molecule has 1 amide bonds. The number of ether oxygens (including phenoxy) is 1. The van der Waals surface area contributed by atoms with Crippen LogP contribution in [0.2, 0.25) is 0 Å². The monoisotopic (exact) mass is 430 g/mol. The Kier molecular flexibility index (Phi) is 6.39. The first-order valence-electron chi connectivity index (χ1n) is 8.66. The Labute approximate surface area is 167 Å². The molecule has 10 heteroatoms. The maximum atomic E-state index is 13.2. The molecule has 0 radical (unpaired) electrons. The first-order valence-corrected chi connectivity index (χ1v) is 12.1. The molecule has 2 heterocycles. The molecule has 0 saturated carbocycles. The Hall–Kier alpha value is -1.23. The highest BCUT2D eigenvalue weighted by Crippen LogP contribution is 2.52. The van der Waals surface area contributed by atoms with Crippen LogP contribution < -0.4 is 5.32 Å². The molecular formula is C17H22N2O5S3. The van der Waals surface area contributed by atoms with E-state index < -0.39 is 27.9 Å². The number of nitrogens with one attached hydrogen (secondary N) is 1. The van der Waals surface area contributed by atoms with Crippen LogP contribution >= 0.6 is 23.5 Å².